The summed E-state index contributed by atoms with van der Waals surface area (Å²) in [7, 11) is -4.68. The molecule has 1 saturated heterocycles. The van der Waals surface area contributed by atoms with Crippen molar-refractivity contribution in [2.75, 3.05) is 6.61 Å². The van der Waals surface area contributed by atoms with Gasteiger partial charge in [0.2, 0.25) is 6.29 Å². The second-order valence-electron chi connectivity index (χ2n) is 10.2. The van der Waals surface area contributed by atoms with E-state index in [0.717, 1.165) is 34.6 Å². The van der Waals surface area contributed by atoms with E-state index < -0.39 is 81.1 Å². The number of esters is 5. The van der Waals surface area contributed by atoms with Gasteiger partial charge in [-0.3, -0.25) is 37.5 Å². The molecular weight excluding hydrogens is 643 g/mol. The lowest BCUT2D eigenvalue weighted by molar-refractivity contribution is -0.302. The van der Waals surface area contributed by atoms with Crippen molar-refractivity contribution in [2.45, 2.75) is 84.6 Å². The van der Waals surface area contributed by atoms with Crippen LogP contribution in [0.25, 0.3) is 0 Å². The van der Waals surface area contributed by atoms with Gasteiger partial charge in [0.15, 0.2) is 24.4 Å². The van der Waals surface area contributed by atoms with E-state index in [9.17, 15) is 28.5 Å². The topological polar surface area (TPSA) is 185 Å². The van der Waals surface area contributed by atoms with Gasteiger partial charge in [-0.05, 0) is 11.1 Å². The molecule has 3 rings (SSSR count). The van der Waals surface area contributed by atoms with Crippen LogP contribution in [-0.4, -0.2) is 73.3 Å². The third-order valence-electron chi connectivity index (χ3n) is 6.27. The molecule has 0 aliphatic carbocycles. The summed E-state index contributed by atoms with van der Waals surface area (Å²) in [5, 5.41) is 0. The number of phosphoric acid groups is 1. The highest BCUT2D eigenvalue weighted by molar-refractivity contribution is 7.48. The third kappa shape index (κ3) is 12.2. The highest BCUT2D eigenvalue weighted by Gasteiger charge is 2.57. The zero-order valence-electron chi connectivity index (χ0n) is 26.4. The zero-order chi connectivity index (χ0) is 34.6. The first-order valence-corrected chi connectivity index (χ1v) is 15.9. The molecule has 47 heavy (non-hydrogen) atoms. The molecule has 0 spiro atoms. The van der Waals surface area contributed by atoms with Crippen molar-refractivity contribution in [1.29, 1.82) is 0 Å². The van der Waals surface area contributed by atoms with E-state index in [1.807, 2.05) is 0 Å². The molecule has 0 N–H and O–H groups in total. The van der Waals surface area contributed by atoms with Crippen LogP contribution in [-0.2, 0) is 83.7 Å². The predicted molar refractivity (Wildman–Crippen MR) is 159 cm³/mol. The fraction of sp³-hybridized carbons (Fsp3) is 0.452. The Hall–Kier alpha value is -4.14. The lowest BCUT2D eigenvalue weighted by atomic mass is 9.94. The molecule has 0 bridgehead atoms. The fourth-order valence-electron chi connectivity index (χ4n) is 4.48. The van der Waals surface area contributed by atoms with Crippen LogP contribution in [0.15, 0.2) is 60.7 Å². The average Bonchev–Trinajstić information content (AvgIpc) is 3.00. The van der Waals surface area contributed by atoms with Gasteiger partial charge < -0.3 is 28.4 Å². The Morgan fingerprint density at radius 2 is 1.13 bits per heavy atom. The molecule has 2 aromatic rings. The average molecular weight is 681 g/mol. The lowest BCUT2D eigenvalue weighted by Crippen LogP contribution is -2.65. The number of benzene rings is 2. The van der Waals surface area contributed by atoms with E-state index in [1.165, 1.54) is 0 Å². The largest absolute Gasteiger partial charge is 0.477 e. The number of phosphoric ester groups is 1. The van der Waals surface area contributed by atoms with Crippen LogP contribution >= 0.6 is 7.82 Å². The second-order valence-corrected chi connectivity index (χ2v) is 11.8. The lowest BCUT2D eigenvalue weighted by Gasteiger charge is -2.46. The molecule has 6 atom stereocenters. The maximum absolute atomic E-state index is 14.3. The summed E-state index contributed by atoms with van der Waals surface area (Å²) in [5.74, 6) is -4.31. The van der Waals surface area contributed by atoms with Crippen molar-refractivity contribution in [1.82, 2.24) is 0 Å². The minimum Gasteiger partial charge on any atom is -0.462 e. The number of rotatable bonds is 15. The molecule has 15 nitrogen and oxygen atoms in total. The number of ether oxygens (including phenoxy) is 6. The molecule has 1 fully saturated rings. The van der Waals surface area contributed by atoms with Crippen LogP contribution in [0.4, 0.5) is 0 Å². The van der Waals surface area contributed by atoms with Crippen LogP contribution in [0.2, 0.25) is 0 Å². The van der Waals surface area contributed by atoms with Crippen molar-refractivity contribution in [2.24, 2.45) is 0 Å². The molecule has 0 saturated carbocycles. The highest BCUT2D eigenvalue weighted by atomic mass is 31.2. The van der Waals surface area contributed by atoms with Gasteiger partial charge in [0.05, 0.1) is 13.2 Å². The quantitative estimate of drug-likeness (QED) is 0.151. The summed E-state index contributed by atoms with van der Waals surface area (Å²) in [6.45, 7) is 4.16. The maximum Gasteiger partial charge on any atom is 0.477 e. The van der Waals surface area contributed by atoms with Crippen LogP contribution in [0.1, 0.15) is 45.7 Å². The Morgan fingerprint density at radius 1 is 0.660 bits per heavy atom. The summed E-state index contributed by atoms with van der Waals surface area (Å²) in [5.41, 5.74) is 1.20. The maximum atomic E-state index is 14.3. The zero-order valence-corrected chi connectivity index (χ0v) is 27.3. The SMILES string of the molecule is CC(=O)OC[C@H](OC(C)=O)[C@H]1O[C@H](OP(=O)(OCc2ccccc2)OCc2ccccc2)[C@@H](OC(C)=O)[C@@H](OC(C)=O)[C@@H]1OC(C)=O. The van der Waals surface area contributed by atoms with Gasteiger partial charge in [0, 0.05) is 34.6 Å². The van der Waals surface area contributed by atoms with Crippen molar-refractivity contribution < 1.29 is 70.5 Å². The van der Waals surface area contributed by atoms with E-state index in [0.29, 0.717) is 11.1 Å². The van der Waals surface area contributed by atoms with Gasteiger partial charge in [0.1, 0.15) is 12.7 Å². The predicted octanol–water partition coefficient (Wildman–Crippen LogP) is 3.56. The smallest absolute Gasteiger partial charge is 0.462 e. The molecule has 2 aromatic carbocycles. The molecule has 256 valence electrons. The Bertz CT molecular complexity index is 1370. The third-order valence-corrected chi connectivity index (χ3v) is 7.63. The molecule has 0 radical (unpaired) electrons. The van der Waals surface area contributed by atoms with Gasteiger partial charge in [-0.2, -0.15) is 0 Å². The van der Waals surface area contributed by atoms with E-state index in [-0.39, 0.29) is 13.2 Å². The summed E-state index contributed by atoms with van der Waals surface area (Å²) in [4.78, 5) is 60.6. The Kier molecular flexibility index (Phi) is 14.0. The normalized spacial score (nSPS) is 21.5. The number of hydrogen-bond acceptors (Lipinski definition) is 15. The minimum atomic E-state index is -4.68. The van der Waals surface area contributed by atoms with Gasteiger partial charge in [-0.25, -0.2) is 4.57 Å². The monoisotopic (exact) mass is 680 g/mol. The first-order valence-electron chi connectivity index (χ1n) is 14.4. The van der Waals surface area contributed by atoms with Gasteiger partial charge in [-0.15, -0.1) is 0 Å². The highest BCUT2D eigenvalue weighted by Crippen LogP contribution is 2.54. The first kappa shape index (κ1) is 37.3. The van der Waals surface area contributed by atoms with E-state index >= 15 is 0 Å². The molecule has 1 aliphatic heterocycles. The Balaban J connectivity index is 2.09. The molecule has 0 amide bonds. The standard InChI is InChI=1S/C31H37O15P/c1-19(32)38-18-26(41-20(2)33)27-28(42-21(3)34)29(43-22(4)35)30(44-23(5)36)31(45-27)46-47(37,39-16-24-12-8-6-9-13-24)40-17-25-14-10-7-11-15-25/h6-15,26-31H,16-18H2,1-5H3/t26-,27+,28+,29-,30-,31+/m0/s1. The van der Waals surface area contributed by atoms with Gasteiger partial charge >= 0.3 is 37.7 Å². The Morgan fingerprint density at radius 3 is 1.57 bits per heavy atom. The summed E-state index contributed by atoms with van der Waals surface area (Å²) in [6, 6.07) is 17.3. The fourth-order valence-corrected chi connectivity index (χ4v) is 5.71. The van der Waals surface area contributed by atoms with Crippen molar-refractivity contribution in [3.8, 4) is 0 Å². The van der Waals surface area contributed by atoms with Crippen LogP contribution in [0.3, 0.4) is 0 Å². The minimum absolute atomic E-state index is 0.257. The van der Waals surface area contributed by atoms with Gasteiger partial charge in [0.25, 0.3) is 0 Å². The van der Waals surface area contributed by atoms with E-state index in [1.54, 1.807) is 60.7 Å². The van der Waals surface area contributed by atoms with Gasteiger partial charge in [-0.1, -0.05) is 60.7 Å². The molecule has 16 heteroatoms. The van der Waals surface area contributed by atoms with Crippen LogP contribution < -0.4 is 0 Å². The summed E-state index contributed by atoms with van der Waals surface area (Å²) >= 11 is 0. The summed E-state index contributed by atoms with van der Waals surface area (Å²) in [6.07, 6.45) is -10.1. The first-order chi connectivity index (χ1) is 22.3. The summed E-state index contributed by atoms with van der Waals surface area (Å²) < 4.78 is 64.3. The molecule has 0 unspecified atom stereocenters. The second kappa shape index (κ2) is 17.7. The van der Waals surface area contributed by atoms with Crippen molar-refractivity contribution >= 4 is 37.7 Å². The van der Waals surface area contributed by atoms with Crippen molar-refractivity contribution in [3.05, 3.63) is 71.8 Å². The van der Waals surface area contributed by atoms with Crippen LogP contribution in [0, 0.1) is 0 Å². The molecule has 0 aromatic heterocycles. The van der Waals surface area contributed by atoms with Crippen molar-refractivity contribution in [3.63, 3.8) is 0 Å². The number of carbonyl (C=O) groups excluding carboxylic acids is 5. The van der Waals surface area contributed by atoms with Crippen LogP contribution in [0.5, 0.6) is 0 Å². The number of hydrogen-bond donors (Lipinski definition) is 0. The Labute approximate surface area is 271 Å². The van der Waals surface area contributed by atoms with E-state index in [2.05, 4.69) is 0 Å². The molecule has 1 heterocycles. The molecule has 1 aliphatic rings. The molecular formula is C31H37O15P. The van der Waals surface area contributed by atoms with E-state index in [4.69, 9.17) is 42.0 Å². The number of carbonyl (C=O) groups is 5.